The molecule has 0 aromatic carbocycles. The van der Waals surface area contributed by atoms with Crippen LogP contribution in [-0.4, -0.2) is 31.2 Å². The molecule has 0 bridgehead atoms. The van der Waals surface area contributed by atoms with Crippen molar-refractivity contribution in [3.8, 4) is 6.07 Å². The van der Waals surface area contributed by atoms with Crippen molar-refractivity contribution >= 4 is 0 Å². The van der Waals surface area contributed by atoms with E-state index in [-0.39, 0.29) is 0 Å². The smallest absolute Gasteiger partial charge is 0.157 e. The van der Waals surface area contributed by atoms with Crippen molar-refractivity contribution in [3.63, 3.8) is 0 Å². The van der Waals surface area contributed by atoms with Crippen LogP contribution < -0.4 is 0 Å². The van der Waals surface area contributed by atoms with Crippen LogP contribution in [0.1, 0.15) is 52.4 Å². The van der Waals surface area contributed by atoms with Gasteiger partial charge in [0.1, 0.15) is 5.76 Å². The standard InChI is InChI=1S/C20H28N2O2/c1-3-23-18-13-16-9-12-22-11-6-8-15(7-5-10-21)20(22)17(16)14-19(18)24-4-2/h13,15H,3-9,11-12,14H2,1-2H3. The second-order valence-corrected chi connectivity index (χ2v) is 6.64. The fraction of sp³-hybridized carbons (Fsp3) is 0.650. The van der Waals surface area contributed by atoms with Crippen molar-refractivity contribution in [2.75, 3.05) is 26.3 Å². The van der Waals surface area contributed by atoms with E-state index < -0.39 is 0 Å². The lowest BCUT2D eigenvalue weighted by molar-refractivity contribution is 0.164. The number of nitrogens with zero attached hydrogens (tertiary/aromatic N) is 2. The predicted octanol–water partition coefficient (Wildman–Crippen LogP) is 4.27. The van der Waals surface area contributed by atoms with Crippen LogP contribution in [0.3, 0.4) is 0 Å². The SMILES string of the molecule is CCOC1=C(OCC)CC2=C3C(CCC#N)CCCN3CCC2=C1. The molecule has 1 fully saturated rings. The van der Waals surface area contributed by atoms with Crippen molar-refractivity contribution in [1.82, 2.24) is 4.90 Å². The van der Waals surface area contributed by atoms with E-state index in [9.17, 15) is 0 Å². The molecule has 0 spiro atoms. The molecule has 0 amide bonds. The number of hydrogen-bond acceptors (Lipinski definition) is 4. The number of allylic oxidation sites excluding steroid dienone is 3. The van der Waals surface area contributed by atoms with Gasteiger partial charge in [-0.1, -0.05) is 0 Å². The minimum absolute atomic E-state index is 0.522. The zero-order valence-electron chi connectivity index (χ0n) is 14.9. The third-order valence-corrected chi connectivity index (χ3v) is 5.20. The fourth-order valence-corrected chi connectivity index (χ4v) is 4.23. The summed E-state index contributed by atoms with van der Waals surface area (Å²) in [7, 11) is 0. The van der Waals surface area contributed by atoms with Gasteiger partial charge in [-0.2, -0.15) is 5.26 Å². The van der Waals surface area contributed by atoms with E-state index in [1.807, 2.05) is 13.8 Å². The van der Waals surface area contributed by atoms with Crippen molar-refractivity contribution in [3.05, 3.63) is 34.4 Å². The Morgan fingerprint density at radius 1 is 1.25 bits per heavy atom. The summed E-state index contributed by atoms with van der Waals surface area (Å²) in [4.78, 5) is 2.56. The van der Waals surface area contributed by atoms with Crippen LogP contribution in [0.2, 0.25) is 0 Å². The topological polar surface area (TPSA) is 45.5 Å². The van der Waals surface area contributed by atoms with E-state index in [1.54, 1.807) is 0 Å². The molecule has 4 nitrogen and oxygen atoms in total. The van der Waals surface area contributed by atoms with Crippen LogP contribution in [0.4, 0.5) is 0 Å². The molecule has 3 aliphatic rings. The number of piperidine rings is 1. The molecule has 3 rings (SSSR count). The molecular weight excluding hydrogens is 300 g/mol. The second kappa shape index (κ2) is 7.79. The Morgan fingerprint density at radius 3 is 2.83 bits per heavy atom. The third kappa shape index (κ3) is 3.31. The molecule has 24 heavy (non-hydrogen) atoms. The number of ether oxygens (including phenoxy) is 2. The molecular formula is C20H28N2O2. The largest absolute Gasteiger partial charge is 0.494 e. The Bertz CT molecular complexity index is 610. The summed E-state index contributed by atoms with van der Waals surface area (Å²) < 4.78 is 11.7. The number of fused-ring (bicyclic) bond motifs is 2. The number of rotatable bonds is 6. The maximum atomic E-state index is 9.00. The van der Waals surface area contributed by atoms with Gasteiger partial charge in [0.2, 0.25) is 0 Å². The predicted molar refractivity (Wildman–Crippen MR) is 93.8 cm³/mol. The van der Waals surface area contributed by atoms with E-state index in [0.29, 0.717) is 25.6 Å². The normalized spacial score (nSPS) is 23.3. The van der Waals surface area contributed by atoms with Gasteiger partial charge in [-0.15, -0.1) is 0 Å². The first kappa shape index (κ1) is 17.0. The van der Waals surface area contributed by atoms with Crippen molar-refractivity contribution in [1.29, 1.82) is 5.26 Å². The summed E-state index contributed by atoms with van der Waals surface area (Å²) in [5.41, 5.74) is 4.34. The summed E-state index contributed by atoms with van der Waals surface area (Å²) in [5.74, 6) is 2.40. The van der Waals surface area contributed by atoms with Gasteiger partial charge in [-0.05, 0) is 56.8 Å². The molecule has 4 heteroatoms. The molecule has 0 aromatic rings. The molecule has 1 saturated heterocycles. The summed E-state index contributed by atoms with van der Waals surface area (Å²) in [6.07, 6.45) is 8.19. The molecule has 2 heterocycles. The van der Waals surface area contributed by atoms with Crippen LogP contribution in [0.25, 0.3) is 0 Å². The Morgan fingerprint density at radius 2 is 2.08 bits per heavy atom. The Labute approximate surface area is 145 Å². The maximum absolute atomic E-state index is 9.00. The monoisotopic (exact) mass is 328 g/mol. The van der Waals surface area contributed by atoms with Gasteiger partial charge in [-0.25, -0.2) is 0 Å². The minimum atomic E-state index is 0.522. The highest BCUT2D eigenvalue weighted by molar-refractivity contribution is 5.48. The molecule has 0 radical (unpaired) electrons. The summed E-state index contributed by atoms with van der Waals surface area (Å²) in [5, 5.41) is 9.00. The third-order valence-electron chi connectivity index (χ3n) is 5.20. The van der Waals surface area contributed by atoms with Crippen molar-refractivity contribution in [2.45, 2.75) is 52.4 Å². The quantitative estimate of drug-likeness (QED) is 0.730. The lowest BCUT2D eigenvalue weighted by atomic mass is 9.79. The van der Waals surface area contributed by atoms with E-state index in [0.717, 1.165) is 43.9 Å². The fourth-order valence-electron chi connectivity index (χ4n) is 4.23. The Kier molecular flexibility index (Phi) is 5.50. The minimum Gasteiger partial charge on any atom is -0.494 e. The van der Waals surface area contributed by atoms with E-state index in [2.05, 4.69) is 17.0 Å². The second-order valence-electron chi connectivity index (χ2n) is 6.64. The molecule has 0 aromatic heterocycles. The van der Waals surface area contributed by atoms with E-state index in [4.69, 9.17) is 14.7 Å². The molecule has 1 unspecified atom stereocenters. The van der Waals surface area contributed by atoms with Crippen molar-refractivity contribution < 1.29 is 9.47 Å². The van der Waals surface area contributed by atoms with Crippen LogP contribution in [0.15, 0.2) is 34.4 Å². The van der Waals surface area contributed by atoms with Gasteiger partial charge in [0.15, 0.2) is 5.76 Å². The van der Waals surface area contributed by atoms with Gasteiger partial charge in [0.25, 0.3) is 0 Å². The van der Waals surface area contributed by atoms with Crippen LogP contribution in [0.5, 0.6) is 0 Å². The first-order valence-electron chi connectivity index (χ1n) is 9.33. The average molecular weight is 328 g/mol. The summed E-state index contributed by atoms with van der Waals surface area (Å²) >= 11 is 0. The lowest BCUT2D eigenvalue weighted by Gasteiger charge is -2.43. The highest BCUT2D eigenvalue weighted by atomic mass is 16.5. The van der Waals surface area contributed by atoms with Gasteiger partial charge >= 0.3 is 0 Å². The van der Waals surface area contributed by atoms with Crippen LogP contribution >= 0.6 is 0 Å². The highest BCUT2D eigenvalue weighted by Gasteiger charge is 2.34. The van der Waals surface area contributed by atoms with Gasteiger partial charge < -0.3 is 14.4 Å². The first-order valence-corrected chi connectivity index (χ1v) is 9.33. The average Bonchev–Trinajstić information content (AvgIpc) is 2.60. The Hall–Kier alpha value is -1.89. The molecule has 1 aliphatic carbocycles. The lowest BCUT2D eigenvalue weighted by Crippen LogP contribution is -2.38. The molecule has 0 saturated carbocycles. The van der Waals surface area contributed by atoms with Gasteiger partial charge in [-0.3, -0.25) is 0 Å². The molecule has 130 valence electrons. The zero-order valence-corrected chi connectivity index (χ0v) is 14.9. The number of hydrogen-bond donors (Lipinski definition) is 0. The first-order chi connectivity index (χ1) is 11.8. The van der Waals surface area contributed by atoms with Crippen molar-refractivity contribution in [2.24, 2.45) is 5.92 Å². The van der Waals surface area contributed by atoms with E-state index >= 15 is 0 Å². The molecule has 2 aliphatic heterocycles. The summed E-state index contributed by atoms with van der Waals surface area (Å²) in [6, 6.07) is 2.33. The van der Waals surface area contributed by atoms with E-state index in [1.165, 1.54) is 29.7 Å². The van der Waals surface area contributed by atoms with Crippen LogP contribution in [0, 0.1) is 17.2 Å². The van der Waals surface area contributed by atoms with Gasteiger partial charge in [0.05, 0.1) is 19.3 Å². The van der Waals surface area contributed by atoms with Gasteiger partial charge in [0, 0.05) is 37.5 Å². The maximum Gasteiger partial charge on any atom is 0.157 e. The highest BCUT2D eigenvalue weighted by Crippen LogP contribution is 2.44. The molecule has 0 N–H and O–H groups in total. The Balaban J connectivity index is 1.96. The number of nitriles is 1. The molecule has 1 atom stereocenters. The summed E-state index contributed by atoms with van der Waals surface area (Å²) in [6.45, 7) is 7.62. The van der Waals surface area contributed by atoms with Crippen LogP contribution in [-0.2, 0) is 9.47 Å². The zero-order chi connectivity index (χ0) is 16.9.